The third-order valence-electron chi connectivity index (χ3n) is 7.33. The van der Waals surface area contributed by atoms with Crippen molar-refractivity contribution in [2.24, 2.45) is 4.99 Å². The summed E-state index contributed by atoms with van der Waals surface area (Å²) in [6.07, 6.45) is 18.8. The Morgan fingerprint density at radius 2 is 1.44 bits per heavy atom. The van der Waals surface area contributed by atoms with Gasteiger partial charge < -0.3 is 4.98 Å². The molecule has 0 saturated carbocycles. The lowest BCUT2D eigenvalue weighted by molar-refractivity contribution is 1.09. The van der Waals surface area contributed by atoms with E-state index in [2.05, 4.69) is 144 Å². The molecule has 2 nitrogen and oxygen atoms in total. The number of hydrogen-bond donors (Lipinski definition) is 1. The summed E-state index contributed by atoms with van der Waals surface area (Å²) in [6.45, 7) is 19.7. The van der Waals surface area contributed by atoms with E-state index in [0.717, 1.165) is 25.0 Å². The Morgan fingerprint density at radius 3 is 2.07 bits per heavy atom. The molecule has 0 atom stereocenters. The molecule has 3 aromatic carbocycles. The number of aromatic nitrogens is 1. The molecule has 0 bridgehead atoms. The number of H-pyrrole nitrogens is 1. The van der Waals surface area contributed by atoms with Crippen LogP contribution in [0, 0.1) is 19.8 Å². The second-order valence-electron chi connectivity index (χ2n) is 10.8. The van der Waals surface area contributed by atoms with Gasteiger partial charge in [0.05, 0.1) is 6.54 Å². The van der Waals surface area contributed by atoms with Crippen LogP contribution < -0.4 is 0 Å². The molecule has 0 amide bonds. The summed E-state index contributed by atoms with van der Waals surface area (Å²) in [5.41, 5.74) is 14.1. The first-order chi connectivity index (χ1) is 20.7. The second-order valence-corrected chi connectivity index (χ2v) is 10.8. The molecule has 1 aromatic heterocycles. The van der Waals surface area contributed by atoms with Gasteiger partial charge in [0.25, 0.3) is 0 Å². The van der Waals surface area contributed by atoms with Crippen LogP contribution in [-0.4, -0.2) is 17.7 Å². The van der Waals surface area contributed by atoms with Crippen LogP contribution in [0.3, 0.4) is 0 Å². The van der Waals surface area contributed by atoms with Crippen LogP contribution in [0.25, 0.3) is 22.0 Å². The number of aromatic amines is 1. The van der Waals surface area contributed by atoms with Crippen LogP contribution in [0.5, 0.6) is 0 Å². The fourth-order valence-corrected chi connectivity index (χ4v) is 4.67. The minimum absolute atomic E-state index is 0.772. The summed E-state index contributed by atoms with van der Waals surface area (Å²) in [6, 6.07) is 25.6. The zero-order valence-corrected chi connectivity index (χ0v) is 27.2. The van der Waals surface area contributed by atoms with Crippen molar-refractivity contribution in [3.05, 3.63) is 142 Å². The zero-order valence-electron chi connectivity index (χ0n) is 27.2. The van der Waals surface area contributed by atoms with Crippen LogP contribution in [0.2, 0.25) is 0 Å². The molecule has 0 spiro atoms. The number of benzene rings is 3. The Morgan fingerprint density at radius 1 is 0.814 bits per heavy atom. The van der Waals surface area contributed by atoms with Gasteiger partial charge in [-0.3, -0.25) is 4.99 Å². The summed E-state index contributed by atoms with van der Waals surface area (Å²) in [4.78, 5) is 7.68. The van der Waals surface area contributed by atoms with Gasteiger partial charge in [-0.15, -0.1) is 12.8 Å². The molecule has 4 aromatic rings. The number of hydrogen-bond acceptors (Lipinski definition) is 1. The van der Waals surface area contributed by atoms with Crippen LogP contribution in [0.1, 0.15) is 69.4 Å². The monoisotopic (exact) mass is 568 g/mol. The van der Waals surface area contributed by atoms with Gasteiger partial charge in [-0.05, 0) is 98.1 Å². The lowest BCUT2D eigenvalue weighted by Gasteiger charge is -2.09. The Bertz CT molecular complexity index is 1610. The molecule has 1 aliphatic rings. The molecule has 222 valence electrons. The second kappa shape index (κ2) is 18.0. The lowest BCUT2D eigenvalue weighted by atomic mass is 9.96. The topological polar surface area (TPSA) is 28.1 Å². The van der Waals surface area contributed by atoms with E-state index in [1.54, 1.807) is 0 Å². The minimum Gasteiger partial charge on any atom is -0.361 e. The number of nitrogens with zero attached hydrogens (tertiary/aromatic N) is 1. The van der Waals surface area contributed by atoms with Gasteiger partial charge >= 0.3 is 0 Å². The molecule has 0 fully saturated rings. The minimum atomic E-state index is 0.772. The van der Waals surface area contributed by atoms with Crippen molar-refractivity contribution in [3.8, 4) is 12.8 Å². The zero-order chi connectivity index (χ0) is 31.8. The molecule has 0 saturated heterocycles. The van der Waals surface area contributed by atoms with Crippen LogP contribution in [0.15, 0.2) is 119 Å². The highest BCUT2D eigenvalue weighted by atomic mass is 14.7. The molecule has 0 radical (unpaired) electrons. The summed E-state index contributed by atoms with van der Waals surface area (Å²) >= 11 is 0. The van der Waals surface area contributed by atoms with Crippen molar-refractivity contribution in [1.29, 1.82) is 0 Å². The van der Waals surface area contributed by atoms with E-state index in [4.69, 9.17) is 0 Å². The number of allylic oxidation sites excluding steroid dienone is 6. The molecule has 5 rings (SSSR count). The van der Waals surface area contributed by atoms with Gasteiger partial charge in [-0.25, -0.2) is 0 Å². The maximum absolute atomic E-state index is 4.47. The molecule has 2 heteroatoms. The normalized spacial score (nSPS) is 16.6. The first kappa shape index (κ1) is 34.6. The Labute approximate surface area is 260 Å². The quantitative estimate of drug-likeness (QED) is 0.237. The van der Waals surface area contributed by atoms with Crippen LogP contribution in [0.4, 0.5) is 0 Å². The fourth-order valence-electron chi connectivity index (χ4n) is 4.67. The van der Waals surface area contributed by atoms with E-state index in [0.29, 0.717) is 0 Å². The van der Waals surface area contributed by atoms with E-state index in [1.165, 1.54) is 61.0 Å². The van der Waals surface area contributed by atoms with E-state index in [9.17, 15) is 0 Å². The Hall–Kier alpha value is -4.61. The average Bonchev–Trinajstić information content (AvgIpc) is 3.48. The van der Waals surface area contributed by atoms with E-state index in [1.807, 2.05) is 31.5 Å². The third kappa shape index (κ3) is 10.6. The molecule has 43 heavy (non-hydrogen) atoms. The molecular formula is C41H48N2. The number of fused-ring (bicyclic) bond motifs is 1. The predicted molar refractivity (Wildman–Crippen MR) is 193 cm³/mol. The number of terminal acetylenes is 1. The number of rotatable bonds is 4. The Kier molecular flexibility index (Phi) is 14.5. The molecule has 1 N–H and O–H groups in total. The van der Waals surface area contributed by atoms with E-state index in [-0.39, 0.29) is 0 Å². The van der Waals surface area contributed by atoms with Gasteiger partial charge in [0.2, 0.25) is 0 Å². The van der Waals surface area contributed by atoms with Crippen molar-refractivity contribution in [1.82, 2.24) is 4.98 Å². The SMILES string of the molecule is C#C.C/C1=C/C(c2ccccc2C)=C\C(C)=C(/C)C=NC1.C=C(C)c1c[nH]c2ccccc12.CCc1cccc(CC)c1. The van der Waals surface area contributed by atoms with Gasteiger partial charge in [-0.1, -0.05) is 105 Å². The number of nitrogens with one attached hydrogen (secondary N) is 1. The summed E-state index contributed by atoms with van der Waals surface area (Å²) < 4.78 is 0. The maximum atomic E-state index is 4.47. The maximum Gasteiger partial charge on any atom is 0.0600 e. The fraction of sp³-hybridized carbons (Fsp3) is 0.244. The smallest absolute Gasteiger partial charge is 0.0600 e. The van der Waals surface area contributed by atoms with Gasteiger partial charge in [0.15, 0.2) is 0 Å². The predicted octanol–water partition coefficient (Wildman–Crippen LogP) is 11.0. The van der Waals surface area contributed by atoms with E-state index < -0.39 is 0 Å². The lowest BCUT2D eigenvalue weighted by Crippen LogP contribution is -1.89. The first-order valence-electron chi connectivity index (χ1n) is 15.0. The van der Waals surface area contributed by atoms with E-state index >= 15 is 0 Å². The van der Waals surface area contributed by atoms with Crippen LogP contribution >= 0.6 is 0 Å². The highest BCUT2D eigenvalue weighted by Crippen LogP contribution is 2.25. The number of aryl methyl sites for hydroxylation is 3. The largest absolute Gasteiger partial charge is 0.361 e. The van der Waals surface area contributed by atoms with Crippen molar-refractivity contribution in [2.45, 2.75) is 61.3 Å². The number of aliphatic imine (C=N–C) groups is 1. The van der Waals surface area contributed by atoms with Gasteiger partial charge in [-0.2, -0.15) is 0 Å². The molecule has 0 unspecified atom stereocenters. The highest BCUT2D eigenvalue weighted by molar-refractivity contribution is 5.91. The summed E-state index contributed by atoms with van der Waals surface area (Å²) in [5.74, 6) is 0. The highest BCUT2D eigenvalue weighted by Gasteiger charge is 2.05. The molecule has 1 aliphatic heterocycles. The molecular weight excluding hydrogens is 520 g/mol. The molecule has 2 heterocycles. The van der Waals surface area contributed by atoms with Crippen molar-refractivity contribution < 1.29 is 0 Å². The third-order valence-corrected chi connectivity index (χ3v) is 7.33. The number of para-hydroxylation sites is 1. The van der Waals surface area contributed by atoms with Crippen molar-refractivity contribution >= 4 is 28.3 Å². The van der Waals surface area contributed by atoms with Gasteiger partial charge in [0.1, 0.15) is 0 Å². The summed E-state index contributed by atoms with van der Waals surface area (Å²) in [5, 5.41) is 1.25. The van der Waals surface area contributed by atoms with Gasteiger partial charge in [0, 0.05) is 28.9 Å². The first-order valence-corrected chi connectivity index (χ1v) is 15.0. The van der Waals surface area contributed by atoms with Crippen LogP contribution in [-0.2, 0) is 12.8 Å². The summed E-state index contributed by atoms with van der Waals surface area (Å²) in [7, 11) is 0. The molecule has 0 aliphatic carbocycles. The van der Waals surface area contributed by atoms with Crippen molar-refractivity contribution in [2.75, 3.05) is 6.54 Å². The standard InChI is InChI=1S/C18H21N.C11H11N.C10H14.C2H2/c1-13-9-17(18-8-6-5-7-14(18)2)10-15(3)16(4)12-19-11-13;1-8(2)10-7-12-11-6-4-3-5-9(10)11;1-3-9-6-5-7-10(4-2)8-9;1-2/h5-10,12H,11H2,1-4H3;3-7,12H,1H2,2H3;5-8H,3-4H2,1-2H3;1-2H/b13-9-,16-15+,17-10+,19-12?;;;. The average molecular weight is 569 g/mol. The van der Waals surface area contributed by atoms with Crippen molar-refractivity contribution in [3.63, 3.8) is 0 Å². The Balaban J connectivity index is 0.000000232.